The lowest BCUT2D eigenvalue weighted by Crippen LogP contribution is -2.31. The predicted octanol–water partition coefficient (Wildman–Crippen LogP) is 3.71. The second kappa shape index (κ2) is 9.12. The number of anilines is 1. The molecule has 0 radical (unpaired) electrons. The summed E-state index contributed by atoms with van der Waals surface area (Å²) in [4.78, 5) is 37.8. The van der Waals surface area contributed by atoms with Crippen LogP contribution in [0.1, 0.15) is 27.1 Å². The molecule has 0 atom stereocenters. The minimum absolute atomic E-state index is 0.146. The number of thioether (sulfide) groups is 1. The predicted molar refractivity (Wildman–Crippen MR) is 110 cm³/mol. The van der Waals surface area contributed by atoms with Crippen LogP contribution < -0.4 is 10.1 Å². The number of hydrogen-bond donors (Lipinski definition) is 1. The number of nitrogens with one attached hydrogen (secondary N) is 1. The van der Waals surface area contributed by atoms with Gasteiger partial charge in [-0.3, -0.25) is 19.3 Å². The van der Waals surface area contributed by atoms with Crippen LogP contribution in [0.15, 0.2) is 42.5 Å². The number of methoxy groups -OCH3 is 1. The third kappa shape index (κ3) is 4.48. The highest BCUT2D eigenvalue weighted by Crippen LogP contribution is 2.27. The highest BCUT2D eigenvalue weighted by atomic mass is 35.5. The summed E-state index contributed by atoms with van der Waals surface area (Å²) in [5.41, 5.74) is 1.51. The number of carbonyl (C=O) groups excluding carboxylic acids is 3. The molecule has 0 aromatic heterocycles. The van der Waals surface area contributed by atoms with Crippen LogP contribution in [-0.2, 0) is 4.79 Å². The monoisotopic (exact) mass is 418 g/mol. The van der Waals surface area contributed by atoms with E-state index in [0.717, 1.165) is 0 Å². The molecule has 0 saturated carbocycles. The number of halogens is 1. The Morgan fingerprint density at radius 1 is 1.14 bits per heavy atom. The van der Waals surface area contributed by atoms with Crippen molar-refractivity contribution in [2.24, 2.45) is 0 Å². The summed E-state index contributed by atoms with van der Waals surface area (Å²) in [7, 11) is 1.53. The lowest BCUT2D eigenvalue weighted by atomic mass is 10.1. The maximum atomic E-state index is 12.3. The van der Waals surface area contributed by atoms with Gasteiger partial charge in [0.1, 0.15) is 5.75 Å². The van der Waals surface area contributed by atoms with Gasteiger partial charge in [-0.05, 0) is 42.5 Å². The molecule has 1 N–H and O–H groups in total. The Hall–Kier alpha value is -2.51. The van der Waals surface area contributed by atoms with Crippen molar-refractivity contribution in [1.82, 2.24) is 4.90 Å². The zero-order valence-electron chi connectivity index (χ0n) is 15.2. The number of ether oxygens (including phenoxy) is 1. The molecular formula is C20H19ClN2O4S. The molecule has 0 bridgehead atoms. The molecule has 3 amide bonds. The molecule has 0 aliphatic carbocycles. The van der Waals surface area contributed by atoms with Crippen molar-refractivity contribution in [3.8, 4) is 5.75 Å². The van der Waals surface area contributed by atoms with Gasteiger partial charge in [-0.25, -0.2) is 0 Å². The number of fused-ring (bicyclic) bond motifs is 1. The average molecular weight is 419 g/mol. The molecule has 146 valence electrons. The summed E-state index contributed by atoms with van der Waals surface area (Å²) < 4.78 is 5.07. The van der Waals surface area contributed by atoms with E-state index in [9.17, 15) is 14.4 Å². The first-order chi connectivity index (χ1) is 13.5. The van der Waals surface area contributed by atoms with Crippen molar-refractivity contribution in [2.45, 2.75) is 6.42 Å². The molecule has 2 aromatic carbocycles. The minimum Gasteiger partial charge on any atom is -0.495 e. The molecule has 0 spiro atoms. The molecule has 2 aromatic rings. The minimum atomic E-state index is -0.250. The molecule has 0 saturated heterocycles. The van der Waals surface area contributed by atoms with E-state index in [1.807, 2.05) is 0 Å². The fourth-order valence-corrected chi connectivity index (χ4v) is 3.87. The largest absolute Gasteiger partial charge is 0.495 e. The summed E-state index contributed by atoms with van der Waals surface area (Å²) in [6.45, 7) is 0.342. The summed E-state index contributed by atoms with van der Waals surface area (Å²) >= 11 is 7.48. The van der Waals surface area contributed by atoms with E-state index in [1.54, 1.807) is 42.5 Å². The molecule has 1 heterocycles. The normalized spacial score (nSPS) is 12.9. The van der Waals surface area contributed by atoms with Crippen molar-refractivity contribution >= 4 is 46.8 Å². The van der Waals surface area contributed by atoms with Gasteiger partial charge < -0.3 is 10.1 Å². The molecule has 1 aliphatic rings. The fraction of sp³-hybridized carbons (Fsp3) is 0.250. The van der Waals surface area contributed by atoms with Gasteiger partial charge in [-0.15, -0.1) is 0 Å². The van der Waals surface area contributed by atoms with Crippen molar-refractivity contribution in [3.63, 3.8) is 0 Å². The number of carbonyl (C=O) groups is 3. The molecule has 1 aliphatic heterocycles. The fourth-order valence-electron chi connectivity index (χ4n) is 2.87. The van der Waals surface area contributed by atoms with E-state index >= 15 is 0 Å². The van der Waals surface area contributed by atoms with Gasteiger partial charge in [0.15, 0.2) is 0 Å². The Bertz CT molecular complexity index is 884. The number of benzene rings is 2. The van der Waals surface area contributed by atoms with Crippen molar-refractivity contribution in [1.29, 1.82) is 0 Å². The lowest BCUT2D eigenvalue weighted by molar-refractivity contribution is -0.113. The standard InChI is InChI=1S/C20H19ClN2O4S/c1-27-17-8-7-13(11-16(17)21)22-18(24)12-28-10-4-9-23-19(25)14-5-2-3-6-15(14)20(23)26/h2-3,5-8,11H,4,9-10,12H2,1H3,(H,22,24). The second-order valence-corrected chi connectivity index (χ2v) is 7.62. The lowest BCUT2D eigenvalue weighted by Gasteiger charge is -2.13. The first kappa shape index (κ1) is 20.2. The SMILES string of the molecule is COc1ccc(NC(=O)CSCCCN2C(=O)c3ccccc3C2=O)cc1Cl. The number of nitrogens with zero attached hydrogens (tertiary/aromatic N) is 1. The van der Waals surface area contributed by atoms with Crippen molar-refractivity contribution < 1.29 is 19.1 Å². The Morgan fingerprint density at radius 2 is 1.82 bits per heavy atom. The number of imide groups is 1. The van der Waals surface area contributed by atoms with E-state index in [1.165, 1.54) is 23.8 Å². The van der Waals surface area contributed by atoms with E-state index in [-0.39, 0.29) is 23.5 Å². The average Bonchev–Trinajstić information content (AvgIpc) is 2.93. The van der Waals surface area contributed by atoms with Crippen LogP contribution in [0.4, 0.5) is 5.69 Å². The molecule has 3 rings (SSSR count). The van der Waals surface area contributed by atoms with Gasteiger partial charge in [0.25, 0.3) is 11.8 Å². The third-order valence-electron chi connectivity index (χ3n) is 4.22. The summed E-state index contributed by atoms with van der Waals surface area (Å²) in [5, 5.41) is 3.20. The first-order valence-corrected chi connectivity index (χ1v) is 10.2. The smallest absolute Gasteiger partial charge is 0.261 e. The Balaban J connectivity index is 1.39. The maximum Gasteiger partial charge on any atom is 0.261 e. The Kier molecular flexibility index (Phi) is 6.59. The highest BCUT2D eigenvalue weighted by Gasteiger charge is 2.34. The zero-order valence-corrected chi connectivity index (χ0v) is 16.8. The highest BCUT2D eigenvalue weighted by molar-refractivity contribution is 7.99. The first-order valence-electron chi connectivity index (χ1n) is 8.67. The number of amides is 3. The quantitative estimate of drug-likeness (QED) is 0.522. The van der Waals surface area contributed by atoms with Crippen molar-refractivity contribution in [2.75, 3.05) is 30.5 Å². The van der Waals surface area contributed by atoms with Crippen LogP contribution in [-0.4, -0.2) is 47.8 Å². The number of hydrogen-bond acceptors (Lipinski definition) is 5. The Labute approximate surface area is 172 Å². The maximum absolute atomic E-state index is 12.3. The van der Waals surface area contributed by atoms with E-state index in [0.29, 0.717) is 46.3 Å². The molecular weight excluding hydrogens is 400 g/mol. The van der Waals surface area contributed by atoms with E-state index < -0.39 is 0 Å². The van der Waals surface area contributed by atoms with Gasteiger partial charge in [-0.1, -0.05) is 23.7 Å². The molecule has 0 unspecified atom stereocenters. The Morgan fingerprint density at radius 3 is 2.43 bits per heavy atom. The van der Waals surface area contributed by atoms with Gasteiger partial charge in [-0.2, -0.15) is 11.8 Å². The third-order valence-corrected chi connectivity index (χ3v) is 5.56. The van der Waals surface area contributed by atoms with Crippen LogP contribution in [0.3, 0.4) is 0 Å². The van der Waals surface area contributed by atoms with Gasteiger partial charge in [0.05, 0.1) is 29.0 Å². The topological polar surface area (TPSA) is 75.7 Å². The van der Waals surface area contributed by atoms with Crippen LogP contribution in [0.25, 0.3) is 0 Å². The van der Waals surface area contributed by atoms with Crippen LogP contribution in [0.2, 0.25) is 5.02 Å². The van der Waals surface area contributed by atoms with E-state index in [2.05, 4.69) is 5.32 Å². The van der Waals surface area contributed by atoms with Crippen molar-refractivity contribution in [3.05, 3.63) is 58.6 Å². The van der Waals surface area contributed by atoms with E-state index in [4.69, 9.17) is 16.3 Å². The molecule has 6 nitrogen and oxygen atoms in total. The molecule has 0 fully saturated rings. The van der Waals surface area contributed by atoms with Crippen LogP contribution in [0.5, 0.6) is 5.75 Å². The van der Waals surface area contributed by atoms with Gasteiger partial charge in [0.2, 0.25) is 5.91 Å². The zero-order chi connectivity index (χ0) is 20.1. The van der Waals surface area contributed by atoms with Gasteiger partial charge in [0, 0.05) is 12.2 Å². The second-order valence-electron chi connectivity index (χ2n) is 6.11. The summed E-state index contributed by atoms with van der Waals surface area (Å²) in [6.07, 6.45) is 0.623. The summed E-state index contributed by atoms with van der Waals surface area (Å²) in [6, 6.07) is 11.9. The van der Waals surface area contributed by atoms with Crippen LogP contribution >= 0.6 is 23.4 Å². The van der Waals surface area contributed by atoms with Crippen LogP contribution in [0, 0.1) is 0 Å². The molecule has 8 heteroatoms. The molecule has 28 heavy (non-hydrogen) atoms. The van der Waals surface area contributed by atoms with Gasteiger partial charge >= 0.3 is 0 Å². The summed E-state index contributed by atoms with van der Waals surface area (Å²) in [5.74, 6) is 0.823. The number of rotatable bonds is 8.